The number of halogens is 2. The van der Waals surface area contributed by atoms with Crippen LogP contribution in [0.1, 0.15) is 56.1 Å². The molecule has 0 bridgehead atoms. The summed E-state index contributed by atoms with van der Waals surface area (Å²) in [4.78, 5) is 13.3. The van der Waals surface area contributed by atoms with E-state index < -0.39 is 0 Å². The van der Waals surface area contributed by atoms with Gasteiger partial charge in [0.15, 0.2) is 0 Å². The van der Waals surface area contributed by atoms with Crippen molar-refractivity contribution in [1.82, 2.24) is 9.62 Å². The molecule has 37 heavy (non-hydrogen) atoms. The lowest BCUT2D eigenvalue weighted by Gasteiger charge is -2.35. The highest BCUT2D eigenvalue weighted by molar-refractivity contribution is 7.97. The lowest BCUT2D eigenvalue weighted by molar-refractivity contribution is -0.117. The maximum Gasteiger partial charge on any atom is 0.225 e. The van der Waals surface area contributed by atoms with E-state index in [4.69, 9.17) is 4.74 Å². The van der Waals surface area contributed by atoms with Gasteiger partial charge in [0.05, 0.1) is 0 Å². The summed E-state index contributed by atoms with van der Waals surface area (Å²) in [6.07, 6.45) is 4.63. The van der Waals surface area contributed by atoms with Crippen LogP contribution in [0.3, 0.4) is 0 Å². The monoisotopic (exact) mass is 531 g/mol. The van der Waals surface area contributed by atoms with Crippen LogP contribution in [-0.2, 0) is 16.0 Å². The summed E-state index contributed by atoms with van der Waals surface area (Å²) >= 11 is 1.87. The van der Waals surface area contributed by atoms with E-state index in [0.29, 0.717) is 30.3 Å². The number of rotatable bonds is 11. The van der Waals surface area contributed by atoms with Gasteiger partial charge in [-0.25, -0.2) is 13.1 Å². The Bertz CT molecular complexity index is 1000. The lowest BCUT2D eigenvalue weighted by atomic mass is 9.80. The maximum atomic E-state index is 15.0. The van der Waals surface area contributed by atoms with Gasteiger partial charge >= 0.3 is 0 Å². The molecule has 8 heteroatoms. The van der Waals surface area contributed by atoms with Crippen LogP contribution in [-0.4, -0.2) is 54.9 Å². The van der Waals surface area contributed by atoms with E-state index in [1.807, 2.05) is 11.9 Å². The number of nitrogens with one attached hydrogen (secondary N) is 2. The second-order valence-electron chi connectivity index (χ2n) is 10.0. The van der Waals surface area contributed by atoms with E-state index in [0.717, 1.165) is 63.2 Å². The van der Waals surface area contributed by atoms with Gasteiger partial charge < -0.3 is 15.4 Å². The highest BCUT2D eigenvalue weighted by Gasteiger charge is 2.29. The molecule has 0 aromatic heterocycles. The van der Waals surface area contributed by atoms with Crippen LogP contribution in [0.25, 0.3) is 0 Å². The van der Waals surface area contributed by atoms with Crippen LogP contribution in [0.5, 0.6) is 0 Å². The highest BCUT2D eigenvalue weighted by Crippen LogP contribution is 2.34. The van der Waals surface area contributed by atoms with Crippen molar-refractivity contribution in [2.24, 2.45) is 5.92 Å². The fourth-order valence-corrected chi connectivity index (χ4v) is 6.39. The summed E-state index contributed by atoms with van der Waals surface area (Å²) in [6.45, 7) is 6.33. The number of piperazine rings is 1. The first-order valence-corrected chi connectivity index (χ1v) is 14.5. The zero-order chi connectivity index (χ0) is 26.0. The minimum atomic E-state index is -0.295. The van der Waals surface area contributed by atoms with Crippen molar-refractivity contribution in [1.29, 1.82) is 0 Å². The molecule has 0 spiro atoms. The van der Waals surface area contributed by atoms with Crippen molar-refractivity contribution >= 4 is 23.5 Å². The number of carbonyl (C=O) groups is 1. The average molecular weight is 532 g/mol. The van der Waals surface area contributed by atoms with Crippen LogP contribution in [0.2, 0.25) is 0 Å². The zero-order valence-electron chi connectivity index (χ0n) is 21.7. The Morgan fingerprint density at radius 2 is 2.08 bits per heavy atom. The fraction of sp³-hybridized carbons (Fsp3) is 0.552. The van der Waals surface area contributed by atoms with Crippen LogP contribution in [0.4, 0.5) is 14.5 Å². The highest BCUT2D eigenvalue weighted by atomic mass is 32.2. The molecular weight excluding hydrogens is 492 g/mol. The third kappa shape index (κ3) is 7.99. The fourth-order valence-electron chi connectivity index (χ4n) is 5.36. The first-order valence-electron chi connectivity index (χ1n) is 13.6. The van der Waals surface area contributed by atoms with Crippen molar-refractivity contribution in [3.05, 3.63) is 65.2 Å². The molecule has 2 fully saturated rings. The second kappa shape index (κ2) is 14.2. The first-order chi connectivity index (χ1) is 18.0. The smallest absolute Gasteiger partial charge is 0.225 e. The Balaban J connectivity index is 1.44. The molecule has 2 aromatic carbocycles. The Kier molecular flexibility index (Phi) is 10.8. The molecule has 0 aliphatic carbocycles. The number of nitrogens with zero attached hydrogens (tertiary/aromatic N) is 1. The number of hydrogen-bond acceptors (Lipinski definition) is 5. The number of amides is 1. The molecule has 0 radical (unpaired) electrons. The Morgan fingerprint density at radius 1 is 1.24 bits per heavy atom. The van der Waals surface area contributed by atoms with E-state index in [9.17, 15) is 13.6 Å². The van der Waals surface area contributed by atoms with Crippen LogP contribution >= 0.6 is 11.9 Å². The molecule has 4 rings (SSSR count). The van der Waals surface area contributed by atoms with Crippen molar-refractivity contribution in [3.63, 3.8) is 0 Å². The predicted octanol–water partition coefficient (Wildman–Crippen LogP) is 5.77. The molecule has 0 saturated carbocycles. The second-order valence-corrected chi connectivity index (χ2v) is 11.2. The van der Waals surface area contributed by atoms with Crippen molar-refractivity contribution < 1.29 is 18.3 Å². The molecule has 2 aromatic rings. The summed E-state index contributed by atoms with van der Waals surface area (Å²) in [5.41, 5.74) is 2.03. The summed E-state index contributed by atoms with van der Waals surface area (Å²) in [7, 11) is 0. The number of benzene rings is 2. The van der Waals surface area contributed by atoms with Gasteiger partial charge in [-0.1, -0.05) is 37.1 Å². The number of ether oxygens (including phenoxy) is 1. The zero-order valence-corrected chi connectivity index (χ0v) is 22.5. The third-order valence-electron chi connectivity index (χ3n) is 7.35. The molecule has 2 aliphatic rings. The molecule has 1 amide bonds. The summed E-state index contributed by atoms with van der Waals surface area (Å²) < 4.78 is 36.7. The van der Waals surface area contributed by atoms with Crippen LogP contribution < -0.4 is 10.6 Å². The van der Waals surface area contributed by atoms with Crippen molar-refractivity contribution in [3.8, 4) is 0 Å². The molecule has 2 heterocycles. The van der Waals surface area contributed by atoms with E-state index in [1.165, 1.54) is 18.2 Å². The van der Waals surface area contributed by atoms with Crippen LogP contribution in [0.15, 0.2) is 42.5 Å². The van der Waals surface area contributed by atoms with Gasteiger partial charge in [0, 0.05) is 62.3 Å². The van der Waals surface area contributed by atoms with E-state index in [1.54, 1.807) is 24.3 Å². The van der Waals surface area contributed by atoms with Crippen molar-refractivity contribution in [2.45, 2.75) is 57.4 Å². The Morgan fingerprint density at radius 3 is 2.84 bits per heavy atom. The normalized spacial score (nSPS) is 21.5. The average Bonchev–Trinajstić information content (AvgIpc) is 2.92. The molecule has 202 valence electrons. The summed E-state index contributed by atoms with van der Waals surface area (Å²) in [5, 5.41) is 6.47. The predicted molar refractivity (Wildman–Crippen MR) is 147 cm³/mol. The van der Waals surface area contributed by atoms with Gasteiger partial charge in [0.2, 0.25) is 5.91 Å². The van der Waals surface area contributed by atoms with Gasteiger partial charge in [0.25, 0.3) is 0 Å². The van der Waals surface area contributed by atoms with Gasteiger partial charge in [-0.3, -0.25) is 4.79 Å². The summed E-state index contributed by atoms with van der Waals surface area (Å²) in [6, 6.07) is 11.6. The third-order valence-corrected chi connectivity index (χ3v) is 8.75. The molecule has 3 atom stereocenters. The minimum Gasteiger partial charge on any atom is -0.381 e. The lowest BCUT2D eigenvalue weighted by Crippen LogP contribution is -2.48. The molecule has 2 N–H and O–H groups in total. The summed E-state index contributed by atoms with van der Waals surface area (Å²) in [5.74, 6) is 0.434. The number of hydrogen-bond donors (Lipinski definition) is 2. The number of anilines is 1. The Labute approximate surface area is 223 Å². The molecule has 2 saturated heterocycles. The van der Waals surface area contributed by atoms with E-state index >= 15 is 0 Å². The quantitative estimate of drug-likeness (QED) is 0.361. The van der Waals surface area contributed by atoms with Gasteiger partial charge in [-0.2, -0.15) is 0 Å². The molecule has 5 nitrogen and oxygen atoms in total. The van der Waals surface area contributed by atoms with Gasteiger partial charge in [-0.05, 0) is 73.8 Å². The SMILES string of the molecule is CCCSN1CCNCC1CCc1c(F)cccc1NC(=O)CC(c1ccc(F)cc1)C1CCCOC1. The number of carbonyl (C=O) groups excluding carboxylic acids is 1. The molecular formula is C29H39F2N3O2S. The van der Waals surface area contributed by atoms with E-state index in [2.05, 4.69) is 21.9 Å². The Hall–Kier alpha value is -2.00. The standard InChI is InChI=1S/C29H39F2N3O2S/c1-2-17-37-34-15-14-32-19-24(34)12-13-25-27(31)6-3-7-28(25)33-29(35)18-26(22-5-4-16-36-20-22)21-8-10-23(30)11-9-21/h3,6-11,22,24,26,32H,2,4-5,12-20H2,1H3,(H,33,35). The van der Waals surface area contributed by atoms with Gasteiger partial charge in [0.1, 0.15) is 11.6 Å². The van der Waals surface area contributed by atoms with Gasteiger partial charge in [-0.15, -0.1) is 0 Å². The largest absolute Gasteiger partial charge is 0.381 e. The minimum absolute atomic E-state index is 0.0876. The molecule has 2 aliphatic heterocycles. The molecule has 3 unspecified atom stereocenters. The first kappa shape index (κ1) is 28.0. The van der Waals surface area contributed by atoms with Crippen LogP contribution in [0, 0.1) is 17.6 Å². The topological polar surface area (TPSA) is 53.6 Å². The van der Waals surface area contributed by atoms with E-state index in [-0.39, 0.29) is 35.8 Å². The van der Waals surface area contributed by atoms with Crippen molar-refractivity contribution in [2.75, 3.05) is 43.9 Å². The maximum absolute atomic E-state index is 15.0.